The predicted octanol–water partition coefficient (Wildman–Crippen LogP) is 1.97. The maximum atomic E-state index is 12.7. The minimum atomic E-state index is -0.571. The summed E-state index contributed by atoms with van der Waals surface area (Å²) in [7, 11) is 2.83. The smallest absolute Gasteiger partial charge is 0.286 e. The molecule has 2 saturated heterocycles. The number of nitrogens with one attached hydrogen (secondary N) is 1. The van der Waals surface area contributed by atoms with E-state index < -0.39 is 10.8 Å². The number of carbonyl (C=O) groups excluding carboxylic acids is 1. The normalized spacial score (nSPS) is 23.0. The Labute approximate surface area is 146 Å². The number of benzene rings is 1. The second kappa shape index (κ2) is 7.26. The Morgan fingerprint density at radius 1 is 1.20 bits per heavy atom. The summed E-state index contributed by atoms with van der Waals surface area (Å²) in [6.07, 6.45) is 4.28. The number of amides is 1. The minimum Gasteiger partial charge on any atom is -0.493 e. The van der Waals surface area contributed by atoms with Crippen LogP contribution in [0.1, 0.15) is 36.0 Å². The van der Waals surface area contributed by atoms with Crippen molar-refractivity contribution in [3.05, 3.63) is 27.8 Å². The van der Waals surface area contributed by atoms with Gasteiger partial charge in [0.2, 0.25) is 0 Å². The summed E-state index contributed by atoms with van der Waals surface area (Å²) in [6.45, 7) is 2.02. The molecule has 0 aliphatic carbocycles. The van der Waals surface area contributed by atoms with Gasteiger partial charge in [-0.2, -0.15) is 0 Å². The first-order chi connectivity index (χ1) is 12.0. The highest BCUT2D eigenvalue weighted by Crippen LogP contribution is 2.35. The fourth-order valence-corrected chi connectivity index (χ4v) is 3.86. The van der Waals surface area contributed by atoms with Crippen LogP contribution in [0.3, 0.4) is 0 Å². The zero-order valence-electron chi connectivity index (χ0n) is 14.5. The third kappa shape index (κ3) is 3.39. The van der Waals surface area contributed by atoms with Crippen LogP contribution in [-0.2, 0) is 0 Å². The van der Waals surface area contributed by atoms with Crippen LogP contribution in [0, 0.1) is 10.1 Å². The topological polar surface area (TPSA) is 93.9 Å². The Bertz CT molecular complexity index is 678. The highest BCUT2D eigenvalue weighted by atomic mass is 16.6. The molecule has 1 N–H and O–H groups in total. The molecule has 3 rings (SSSR count). The molecule has 2 heterocycles. The first-order valence-electron chi connectivity index (χ1n) is 8.50. The standard InChI is InChI=1S/C17H23N3O5/c1-24-15-9-11(14(20(22)23)10-16(15)25-2)17(21)18-12-6-8-19-7-4-3-5-13(12)19/h9-10,12-13H,3-8H2,1-2H3,(H,18,21)/t12-,13-/m0/s1. The number of nitro groups is 1. The molecule has 1 aromatic carbocycles. The molecule has 0 radical (unpaired) electrons. The molecular formula is C17H23N3O5. The third-order valence-electron chi connectivity index (χ3n) is 5.12. The van der Waals surface area contributed by atoms with E-state index in [1.165, 1.54) is 32.8 Å². The number of ether oxygens (including phenoxy) is 2. The molecular weight excluding hydrogens is 326 g/mol. The van der Waals surface area contributed by atoms with Crippen LogP contribution >= 0.6 is 0 Å². The van der Waals surface area contributed by atoms with Crippen LogP contribution < -0.4 is 14.8 Å². The number of nitrogens with zero attached hydrogens (tertiary/aromatic N) is 2. The predicted molar refractivity (Wildman–Crippen MR) is 91.3 cm³/mol. The number of fused-ring (bicyclic) bond motifs is 1. The van der Waals surface area contributed by atoms with Gasteiger partial charge in [0.05, 0.1) is 25.2 Å². The molecule has 2 aliphatic rings. The molecule has 8 nitrogen and oxygen atoms in total. The van der Waals surface area contributed by atoms with Crippen molar-refractivity contribution >= 4 is 11.6 Å². The van der Waals surface area contributed by atoms with Crippen LogP contribution in [-0.4, -0.2) is 55.1 Å². The first-order valence-corrected chi connectivity index (χ1v) is 8.50. The van der Waals surface area contributed by atoms with Gasteiger partial charge in [-0.3, -0.25) is 19.8 Å². The van der Waals surface area contributed by atoms with Crippen molar-refractivity contribution in [2.24, 2.45) is 0 Å². The van der Waals surface area contributed by atoms with E-state index in [4.69, 9.17) is 9.47 Å². The number of rotatable bonds is 5. The summed E-state index contributed by atoms with van der Waals surface area (Å²) in [5.41, 5.74) is -0.287. The lowest BCUT2D eigenvalue weighted by Crippen LogP contribution is -2.46. The van der Waals surface area contributed by atoms with E-state index in [-0.39, 0.29) is 23.0 Å². The van der Waals surface area contributed by atoms with Gasteiger partial charge < -0.3 is 14.8 Å². The van der Waals surface area contributed by atoms with Crippen molar-refractivity contribution < 1.29 is 19.2 Å². The highest BCUT2D eigenvalue weighted by molar-refractivity contribution is 5.99. The van der Waals surface area contributed by atoms with Gasteiger partial charge in [-0.05, 0) is 25.8 Å². The zero-order valence-corrected chi connectivity index (χ0v) is 14.5. The van der Waals surface area contributed by atoms with Crippen LogP contribution in [0.5, 0.6) is 11.5 Å². The Morgan fingerprint density at radius 3 is 2.60 bits per heavy atom. The van der Waals surface area contributed by atoms with Gasteiger partial charge in [0.1, 0.15) is 5.56 Å². The molecule has 2 fully saturated rings. The second-order valence-corrected chi connectivity index (χ2v) is 6.45. The monoisotopic (exact) mass is 349 g/mol. The molecule has 2 aliphatic heterocycles. The van der Waals surface area contributed by atoms with Crippen LogP contribution in [0.4, 0.5) is 5.69 Å². The zero-order chi connectivity index (χ0) is 18.0. The number of hydrogen-bond donors (Lipinski definition) is 1. The molecule has 0 unspecified atom stereocenters. The molecule has 25 heavy (non-hydrogen) atoms. The number of carbonyl (C=O) groups is 1. The lowest BCUT2D eigenvalue weighted by molar-refractivity contribution is -0.385. The van der Waals surface area contributed by atoms with Crippen molar-refractivity contribution in [3.8, 4) is 11.5 Å². The fraction of sp³-hybridized carbons (Fsp3) is 0.588. The largest absolute Gasteiger partial charge is 0.493 e. The van der Waals surface area contributed by atoms with Gasteiger partial charge in [0.15, 0.2) is 11.5 Å². The quantitative estimate of drug-likeness (QED) is 0.645. The van der Waals surface area contributed by atoms with E-state index in [1.807, 2.05) is 0 Å². The number of nitro benzene ring substituents is 1. The van der Waals surface area contributed by atoms with Crippen molar-refractivity contribution in [2.45, 2.75) is 37.8 Å². The summed E-state index contributed by atoms with van der Waals surface area (Å²) < 4.78 is 10.3. The van der Waals surface area contributed by atoms with E-state index in [9.17, 15) is 14.9 Å². The van der Waals surface area contributed by atoms with Gasteiger partial charge in [-0.15, -0.1) is 0 Å². The number of methoxy groups -OCH3 is 2. The van der Waals surface area contributed by atoms with E-state index in [0.29, 0.717) is 11.8 Å². The Morgan fingerprint density at radius 2 is 1.92 bits per heavy atom. The molecule has 0 aromatic heterocycles. The SMILES string of the molecule is COc1cc(C(=O)N[C@H]2CCN3CCCC[C@@H]23)c([N+](=O)[O-])cc1OC. The van der Waals surface area contributed by atoms with E-state index in [1.54, 1.807) is 0 Å². The van der Waals surface area contributed by atoms with Crippen LogP contribution in [0.2, 0.25) is 0 Å². The molecule has 8 heteroatoms. The molecule has 0 bridgehead atoms. The van der Waals surface area contributed by atoms with Gasteiger partial charge >= 0.3 is 0 Å². The van der Waals surface area contributed by atoms with Gasteiger partial charge in [-0.25, -0.2) is 0 Å². The molecule has 0 spiro atoms. The Kier molecular flexibility index (Phi) is 5.08. The molecule has 1 aromatic rings. The highest BCUT2D eigenvalue weighted by Gasteiger charge is 2.37. The Balaban J connectivity index is 1.84. The van der Waals surface area contributed by atoms with Gasteiger partial charge in [0.25, 0.3) is 11.6 Å². The number of hydrogen-bond acceptors (Lipinski definition) is 6. The summed E-state index contributed by atoms with van der Waals surface area (Å²) in [6, 6.07) is 2.97. The van der Waals surface area contributed by atoms with Crippen molar-refractivity contribution in [3.63, 3.8) is 0 Å². The lowest BCUT2D eigenvalue weighted by atomic mass is 9.98. The van der Waals surface area contributed by atoms with Crippen molar-refractivity contribution in [2.75, 3.05) is 27.3 Å². The molecule has 1 amide bonds. The Hall–Kier alpha value is -2.35. The second-order valence-electron chi connectivity index (χ2n) is 6.45. The van der Waals surface area contributed by atoms with Crippen molar-refractivity contribution in [1.82, 2.24) is 10.2 Å². The molecule has 136 valence electrons. The summed E-state index contributed by atoms with van der Waals surface area (Å²) in [5.74, 6) is 0.0825. The molecule has 0 saturated carbocycles. The average molecular weight is 349 g/mol. The van der Waals surface area contributed by atoms with Gasteiger partial charge in [0, 0.05) is 24.7 Å². The summed E-state index contributed by atoms with van der Waals surface area (Å²) >= 11 is 0. The van der Waals surface area contributed by atoms with E-state index in [0.717, 1.165) is 32.4 Å². The minimum absolute atomic E-state index is 0.00286. The van der Waals surface area contributed by atoms with Crippen molar-refractivity contribution in [1.29, 1.82) is 0 Å². The van der Waals surface area contributed by atoms with Gasteiger partial charge in [-0.1, -0.05) is 6.42 Å². The maximum absolute atomic E-state index is 12.7. The van der Waals surface area contributed by atoms with E-state index >= 15 is 0 Å². The maximum Gasteiger partial charge on any atom is 0.286 e. The van der Waals surface area contributed by atoms with E-state index in [2.05, 4.69) is 10.2 Å². The average Bonchev–Trinajstić information content (AvgIpc) is 3.03. The van der Waals surface area contributed by atoms with Crippen LogP contribution in [0.15, 0.2) is 12.1 Å². The third-order valence-corrected chi connectivity index (χ3v) is 5.12. The van der Waals surface area contributed by atoms with Crippen LogP contribution in [0.25, 0.3) is 0 Å². The first kappa shape index (κ1) is 17.5. The number of piperidine rings is 1. The molecule has 2 atom stereocenters. The summed E-state index contributed by atoms with van der Waals surface area (Å²) in [5, 5.41) is 14.4. The fourth-order valence-electron chi connectivity index (χ4n) is 3.86. The lowest BCUT2D eigenvalue weighted by Gasteiger charge is -2.32. The summed E-state index contributed by atoms with van der Waals surface area (Å²) in [4.78, 5) is 25.9.